The summed E-state index contributed by atoms with van der Waals surface area (Å²) in [6, 6.07) is 11.6. The summed E-state index contributed by atoms with van der Waals surface area (Å²) in [6.45, 7) is 4.27. The quantitative estimate of drug-likeness (QED) is 0.723. The molecule has 0 saturated heterocycles. The Bertz CT molecular complexity index is 596. The average Bonchev–Trinajstić information content (AvgIpc) is 3.04. The van der Waals surface area contributed by atoms with Crippen LogP contribution in [-0.4, -0.2) is 37.6 Å². The molecule has 2 rings (SSSR count). The second-order valence-corrected chi connectivity index (χ2v) is 5.56. The van der Waals surface area contributed by atoms with Crippen molar-refractivity contribution in [1.82, 2.24) is 10.2 Å². The van der Waals surface area contributed by atoms with Gasteiger partial charge in [-0.1, -0.05) is 18.2 Å². The van der Waals surface area contributed by atoms with E-state index in [0.29, 0.717) is 19.7 Å². The zero-order chi connectivity index (χ0) is 16.5. The molecular formula is C18H24N2O3. The van der Waals surface area contributed by atoms with Crippen LogP contribution in [0.1, 0.15) is 17.7 Å². The summed E-state index contributed by atoms with van der Waals surface area (Å²) in [4.78, 5) is 13.8. The number of nitrogens with one attached hydrogen (secondary N) is 1. The first kappa shape index (κ1) is 17.1. The van der Waals surface area contributed by atoms with E-state index in [4.69, 9.17) is 9.15 Å². The monoisotopic (exact) mass is 316 g/mol. The lowest BCUT2D eigenvalue weighted by Gasteiger charge is -2.16. The molecule has 0 bridgehead atoms. The Morgan fingerprint density at radius 1 is 1.26 bits per heavy atom. The molecule has 5 nitrogen and oxygen atoms in total. The van der Waals surface area contributed by atoms with Crippen molar-refractivity contribution in [2.45, 2.75) is 19.9 Å². The van der Waals surface area contributed by atoms with Crippen molar-refractivity contribution in [2.75, 3.05) is 26.7 Å². The lowest BCUT2D eigenvalue weighted by molar-refractivity contribution is -0.122. The number of amides is 1. The summed E-state index contributed by atoms with van der Waals surface area (Å²) in [5, 5.41) is 2.83. The molecule has 0 spiro atoms. The van der Waals surface area contributed by atoms with E-state index >= 15 is 0 Å². The average molecular weight is 316 g/mol. The first-order valence-corrected chi connectivity index (χ1v) is 7.81. The van der Waals surface area contributed by atoms with Gasteiger partial charge in [-0.15, -0.1) is 0 Å². The summed E-state index contributed by atoms with van der Waals surface area (Å²) in [5.74, 6) is 1.67. The van der Waals surface area contributed by atoms with E-state index in [9.17, 15) is 4.79 Å². The van der Waals surface area contributed by atoms with Gasteiger partial charge < -0.3 is 14.5 Å². The number of aryl methyl sites for hydroxylation is 1. The largest absolute Gasteiger partial charge is 0.493 e. The van der Waals surface area contributed by atoms with Crippen LogP contribution < -0.4 is 10.1 Å². The Kier molecular flexibility index (Phi) is 6.69. The first-order valence-electron chi connectivity index (χ1n) is 7.81. The van der Waals surface area contributed by atoms with Crippen LogP contribution in [0.5, 0.6) is 5.75 Å². The summed E-state index contributed by atoms with van der Waals surface area (Å²) >= 11 is 0. The molecule has 124 valence electrons. The minimum Gasteiger partial charge on any atom is -0.493 e. The topological polar surface area (TPSA) is 54.7 Å². The van der Waals surface area contributed by atoms with Crippen LogP contribution in [0.4, 0.5) is 0 Å². The van der Waals surface area contributed by atoms with Crippen molar-refractivity contribution in [3.8, 4) is 5.75 Å². The molecule has 1 N–H and O–H groups in total. The second-order valence-electron chi connectivity index (χ2n) is 5.56. The Balaban J connectivity index is 1.58. The van der Waals surface area contributed by atoms with Gasteiger partial charge in [-0.3, -0.25) is 9.69 Å². The van der Waals surface area contributed by atoms with E-state index in [1.807, 2.05) is 55.3 Å². The third kappa shape index (κ3) is 6.16. The number of likely N-dealkylation sites (N-methyl/N-ethyl adjacent to an activating group) is 1. The number of rotatable bonds is 9. The van der Waals surface area contributed by atoms with Crippen LogP contribution in [0.2, 0.25) is 0 Å². The number of furan rings is 1. The number of hydrogen-bond donors (Lipinski definition) is 1. The number of carbonyl (C=O) groups is 1. The summed E-state index contributed by atoms with van der Waals surface area (Å²) in [6.07, 6.45) is 2.47. The summed E-state index contributed by atoms with van der Waals surface area (Å²) < 4.78 is 10.9. The maximum atomic E-state index is 11.8. The Hall–Kier alpha value is -2.27. The zero-order valence-electron chi connectivity index (χ0n) is 13.7. The number of nitrogens with zero attached hydrogens (tertiary/aromatic N) is 1. The van der Waals surface area contributed by atoms with Crippen LogP contribution in [0.15, 0.2) is 47.1 Å². The molecule has 1 aromatic carbocycles. The van der Waals surface area contributed by atoms with E-state index in [0.717, 1.165) is 30.0 Å². The molecule has 0 radical (unpaired) electrons. The maximum absolute atomic E-state index is 11.8. The fourth-order valence-electron chi connectivity index (χ4n) is 2.21. The van der Waals surface area contributed by atoms with Crippen LogP contribution in [0.25, 0.3) is 0 Å². The number of hydrogen-bond acceptors (Lipinski definition) is 4. The number of ether oxygens (including phenoxy) is 1. The molecule has 0 aliphatic rings. The number of benzene rings is 1. The molecule has 0 unspecified atom stereocenters. The molecule has 0 atom stereocenters. The first-order chi connectivity index (χ1) is 11.1. The maximum Gasteiger partial charge on any atom is 0.234 e. The minimum atomic E-state index is -0.0104. The van der Waals surface area contributed by atoms with Crippen LogP contribution in [0, 0.1) is 6.92 Å². The molecule has 0 aliphatic carbocycles. The highest BCUT2D eigenvalue weighted by atomic mass is 16.5. The van der Waals surface area contributed by atoms with Gasteiger partial charge in [0, 0.05) is 6.54 Å². The fraction of sp³-hybridized carbons (Fsp3) is 0.389. The minimum absolute atomic E-state index is 0.0104. The molecule has 0 saturated carbocycles. The van der Waals surface area contributed by atoms with Gasteiger partial charge in [0.05, 0.1) is 26.0 Å². The van der Waals surface area contributed by atoms with Crippen LogP contribution >= 0.6 is 0 Å². The van der Waals surface area contributed by atoms with E-state index < -0.39 is 0 Å². The summed E-state index contributed by atoms with van der Waals surface area (Å²) in [7, 11) is 1.93. The van der Waals surface area contributed by atoms with E-state index in [1.165, 1.54) is 0 Å². The van der Waals surface area contributed by atoms with Gasteiger partial charge in [0.2, 0.25) is 5.91 Å². The van der Waals surface area contributed by atoms with Gasteiger partial charge in [0.25, 0.3) is 0 Å². The van der Waals surface area contributed by atoms with Crippen LogP contribution in [0.3, 0.4) is 0 Å². The highest BCUT2D eigenvalue weighted by Gasteiger charge is 2.07. The van der Waals surface area contributed by atoms with Gasteiger partial charge in [-0.25, -0.2) is 0 Å². The molecule has 0 fully saturated rings. The molecular weight excluding hydrogens is 292 g/mol. The summed E-state index contributed by atoms with van der Waals surface area (Å²) in [5.41, 5.74) is 1.14. The molecule has 0 aliphatic heterocycles. The van der Waals surface area contributed by atoms with E-state index in [2.05, 4.69) is 5.32 Å². The van der Waals surface area contributed by atoms with E-state index in [-0.39, 0.29) is 5.91 Å². The van der Waals surface area contributed by atoms with Crippen molar-refractivity contribution in [3.05, 3.63) is 54.0 Å². The third-order valence-corrected chi connectivity index (χ3v) is 3.49. The molecule has 5 heteroatoms. The molecule has 1 amide bonds. The van der Waals surface area contributed by atoms with Gasteiger partial charge in [-0.05, 0) is 44.2 Å². The highest BCUT2D eigenvalue weighted by Crippen LogP contribution is 2.16. The van der Waals surface area contributed by atoms with Crippen molar-refractivity contribution >= 4 is 5.91 Å². The smallest absolute Gasteiger partial charge is 0.234 e. The highest BCUT2D eigenvalue weighted by molar-refractivity contribution is 5.77. The number of carbonyl (C=O) groups excluding carboxylic acids is 1. The Morgan fingerprint density at radius 2 is 2.09 bits per heavy atom. The van der Waals surface area contributed by atoms with Crippen molar-refractivity contribution < 1.29 is 13.9 Å². The van der Waals surface area contributed by atoms with Gasteiger partial charge in [0.1, 0.15) is 11.5 Å². The van der Waals surface area contributed by atoms with Crippen LogP contribution in [-0.2, 0) is 11.3 Å². The SMILES string of the molecule is Cc1ccccc1OCCCN(C)CC(=O)NCc1ccco1. The lowest BCUT2D eigenvalue weighted by Crippen LogP contribution is -2.35. The van der Waals surface area contributed by atoms with Gasteiger partial charge in [-0.2, -0.15) is 0 Å². The van der Waals surface area contributed by atoms with Crippen molar-refractivity contribution in [1.29, 1.82) is 0 Å². The van der Waals surface area contributed by atoms with Gasteiger partial charge >= 0.3 is 0 Å². The van der Waals surface area contributed by atoms with Gasteiger partial charge in [0.15, 0.2) is 0 Å². The van der Waals surface area contributed by atoms with E-state index in [1.54, 1.807) is 6.26 Å². The van der Waals surface area contributed by atoms with Crippen molar-refractivity contribution in [2.24, 2.45) is 0 Å². The number of para-hydroxylation sites is 1. The fourth-order valence-corrected chi connectivity index (χ4v) is 2.21. The molecule has 1 heterocycles. The Labute approximate surface area is 137 Å². The lowest BCUT2D eigenvalue weighted by atomic mass is 10.2. The normalized spacial score (nSPS) is 10.7. The molecule has 2 aromatic rings. The Morgan fingerprint density at radius 3 is 2.83 bits per heavy atom. The molecule has 1 aromatic heterocycles. The third-order valence-electron chi connectivity index (χ3n) is 3.49. The predicted molar refractivity (Wildman–Crippen MR) is 89.3 cm³/mol. The zero-order valence-corrected chi connectivity index (χ0v) is 13.7. The van der Waals surface area contributed by atoms with Crippen molar-refractivity contribution in [3.63, 3.8) is 0 Å². The second kappa shape index (κ2) is 9.00. The predicted octanol–water partition coefficient (Wildman–Crippen LogP) is 2.61. The molecule has 23 heavy (non-hydrogen) atoms. The standard InChI is InChI=1S/C18H24N2O3/c1-15-7-3-4-9-17(15)23-12-6-10-20(2)14-18(21)19-13-16-8-5-11-22-16/h3-5,7-9,11H,6,10,12-14H2,1-2H3,(H,19,21).